The van der Waals surface area contributed by atoms with Crippen LogP contribution in [-0.4, -0.2) is 18.2 Å². The van der Waals surface area contributed by atoms with Crippen molar-refractivity contribution in [2.45, 2.75) is 6.04 Å². The van der Waals surface area contributed by atoms with Crippen molar-refractivity contribution in [2.24, 2.45) is 0 Å². The number of aromatic hydroxyl groups is 1. The van der Waals surface area contributed by atoms with Crippen LogP contribution in [0.5, 0.6) is 5.75 Å². The second kappa shape index (κ2) is 5.91. The third-order valence-corrected chi connectivity index (χ3v) is 2.77. The Labute approximate surface area is 111 Å². The van der Waals surface area contributed by atoms with Gasteiger partial charge < -0.3 is 15.2 Å². The number of phenolic OH excluding ortho intramolecular Hbond substituents is 1. The lowest BCUT2D eigenvalue weighted by Crippen LogP contribution is -2.22. The predicted octanol–water partition coefficient (Wildman–Crippen LogP) is 2.72. The van der Waals surface area contributed by atoms with Gasteiger partial charge in [0.2, 0.25) is 0 Å². The molecule has 1 atom stereocenters. The van der Waals surface area contributed by atoms with Crippen molar-refractivity contribution >= 4 is 11.7 Å². The van der Waals surface area contributed by atoms with E-state index >= 15 is 0 Å². The summed E-state index contributed by atoms with van der Waals surface area (Å²) < 4.78 is 4.78. The lowest BCUT2D eigenvalue weighted by molar-refractivity contribution is -0.141. The molecule has 2 N–H and O–H groups in total. The Hall–Kier alpha value is -2.49. The number of esters is 1. The van der Waals surface area contributed by atoms with Gasteiger partial charge in [0.1, 0.15) is 5.75 Å². The summed E-state index contributed by atoms with van der Waals surface area (Å²) in [6.07, 6.45) is 0. The van der Waals surface area contributed by atoms with Crippen molar-refractivity contribution in [3.8, 4) is 5.75 Å². The van der Waals surface area contributed by atoms with Crippen molar-refractivity contribution in [3.63, 3.8) is 0 Å². The Morgan fingerprint density at radius 3 is 2.37 bits per heavy atom. The molecule has 2 rings (SSSR count). The topological polar surface area (TPSA) is 58.6 Å². The van der Waals surface area contributed by atoms with Crippen molar-refractivity contribution < 1.29 is 14.6 Å². The molecular weight excluding hydrogens is 242 g/mol. The number of methoxy groups -OCH3 is 1. The largest absolute Gasteiger partial charge is 0.508 e. The molecule has 0 aliphatic carbocycles. The van der Waals surface area contributed by atoms with Gasteiger partial charge in [-0.1, -0.05) is 36.4 Å². The van der Waals surface area contributed by atoms with Crippen LogP contribution in [0.3, 0.4) is 0 Å². The lowest BCUT2D eigenvalue weighted by atomic mass is 10.1. The Morgan fingerprint density at radius 2 is 1.74 bits per heavy atom. The maximum Gasteiger partial charge on any atom is 0.333 e. The molecular formula is C15H15NO3. The molecule has 0 heterocycles. The summed E-state index contributed by atoms with van der Waals surface area (Å²) in [5, 5.41) is 12.9. The fourth-order valence-corrected chi connectivity index (χ4v) is 1.81. The van der Waals surface area contributed by atoms with Crippen LogP contribution in [0, 0.1) is 0 Å². The zero-order valence-corrected chi connectivity index (χ0v) is 10.5. The van der Waals surface area contributed by atoms with Crippen LogP contribution in [0.2, 0.25) is 0 Å². The number of hydrogen-bond acceptors (Lipinski definition) is 4. The zero-order valence-electron chi connectivity index (χ0n) is 10.5. The molecule has 0 radical (unpaired) electrons. The number of hydrogen-bond donors (Lipinski definition) is 2. The molecule has 0 saturated heterocycles. The number of para-hydroxylation sites is 2. The highest BCUT2D eigenvalue weighted by Gasteiger charge is 2.23. The number of carbonyl (C=O) groups is 1. The Morgan fingerprint density at radius 1 is 1.11 bits per heavy atom. The number of ether oxygens (including phenoxy) is 1. The molecule has 0 aromatic heterocycles. The molecule has 2 aromatic rings. The van der Waals surface area contributed by atoms with Gasteiger partial charge in [-0.25, -0.2) is 4.79 Å². The Bertz CT molecular complexity index is 554. The van der Waals surface area contributed by atoms with E-state index in [1.54, 1.807) is 18.2 Å². The minimum Gasteiger partial charge on any atom is -0.508 e. The quantitative estimate of drug-likeness (QED) is 0.827. The first-order valence-corrected chi connectivity index (χ1v) is 5.89. The molecule has 19 heavy (non-hydrogen) atoms. The minimum absolute atomic E-state index is 0.0568. The van der Waals surface area contributed by atoms with Gasteiger partial charge in [0.15, 0.2) is 6.04 Å². The van der Waals surface area contributed by atoms with Crippen molar-refractivity contribution in [3.05, 3.63) is 60.2 Å². The van der Waals surface area contributed by atoms with Crippen LogP contribution in [0.25, 0.3) is 0 Å². The standard InChI is InChI=1S/C15H15NO3/c1-19-15(18)14(12-9-5-6-10-13(12)17)16-11-7-3-2-4-8-11/h2-10,14,16-17H,1H3. The van der Waals surface area contributed by atoms with Gasteiger partial charge in [-0.3, -0.25) is 0 Å². The van der Waals surface area contributed by atoms with Crippen LogP contribution in [0.4, 0.5) is 5.69 Å². The van der Waals surface area contributed by atoms with Gasteiger partial charge in [0.25, 0.3) is 0 Å². The van der Waals surface area contributed by atoms with E-state index in [9.17, 15) is 9.90 Å². The van der Waals surface area contributed by atoms with Gasteiger partial charge in [0, 0.05) is 11.3 Å². The van der Waals surface area contributed by atoms with E-state index in [1.165, 1.54) is 13.2 Å². The summed E-state index contributed by atoms with van der Waals surface area (Å²) in [5.74, 6) is -0.397. The molecule has 0 bridgehead atoms. The van der Waals surface area contributed by atoms with E-state index in [4.69, 9.17) is 4.74 Å². The predicted molar refractivity (Wildman–Crippen MR) is 72.9 cm³/mol. The molecule has 4 heteroatoms. The summed E-state index contributed by atoms with van der Waals surface area (Å²) in [5.41, 5.74) is 1.26. The van der Waals surface area contributed by atoms with Crippen LogP contribution < -0.4 is 5.32 Å². The average Bonchev–Trinajstić information content (AvgIpc) is 2.46. The first-order chi connectivity index (χ1) is 9.22. The number of anilines is 1. The first-order valence-electron chi connectivity index (χ1n) is 5.89. The normalized spacial score (nSPS) is 11.6. The Kier molecular flexibility index (Phi) is 4.03. The van der Waals surface area contributed by atoms with Crippen molar-refractivity contribution in [1.82, 2.24) is 0 Å². The minimum atomic E-state index is -0.742. The highest BCUT2D eigenvalue weighted by molar-refractivity contribution is 5.81. The maximum absolute atomic E-state index is 11.9. The van der Waals surface area contributed by atoms with Gasteiger partial charge in [0.05, 0.1) is 7.11 Å². The van der Waals surface area contributed by atoms with E-state index in [0.717, 1.165) is 5.69 Å². The van der Waals surface area contributed by atoms with Crippen LogP contribution in [0.1, 0.15) is 11.6 Å². The third-order valence-electron chi connectivity index (χ3n) is 2.77. The summed E-state index contributed by atoms with van der Waals surface area (Å²) in [6, 6.07) is 15.2. The van der Waals surface area contributed by atoms with Crippen LogP contribution >= 0.6 is 0 Å². The van der Waals surface area contributed by atoms with Crippen LogP contribution in [-0.2, 0) is 9.53 Å². The van der Waals surface area contributed by atoms with Crippen molar-refractivity contribution in [2.75, 3.05) is 12.4 Å². The van der Waals surface area contributed by atoms with E-state index in [0.29, 0.717) is 5.56 Å². The Balaban J connectivity index is 2.32. The second-order valence-corrected chi connectivity index (χ2v) is 4.03. The molecule has 1 unspecified atom stereocenters. The highest BCUT2D eigenvalue weighted by Crippen LogP contribution is 2.27. The summed E-state index contributed by atoms with van der Waals surface area (Å²) in [7, 11) is 1.32. The number of carbonyl (C=O) groups excluding carboxylic acids is 1. The fourth-order valence-electron chi connectivity index (χ4n) is 1.81. The molecule has 0 fully saturated rings. The van der Waals surface area contributed by atoms with Gasteiger partial charge in [-0.2, -0.15) is 0 Å². The summed E-state index contributed by atoms with van der Waals surface area (Å²) >= 11 is 0. The molecule has 0 amide bonds. The van der Waals surface area contributed by atoms with E-state index in [-0.39, 0.29) is 5.75 Å². The van der Waals surface area contributed by atoms with Gasteiger partial charge >= 0.3 is 5.97 Å². The van der Waals surface area contributed by atoms with E-state index < -0.39 is 12.0 Å². The number of phenols is 1. The molecule has 0 saturated carbocycles. The fraction of sp³-hybridized carbons (Fsp3) is 0.133. The van der Waals surface area contributed by atoms with E-state index in [1.807, 2.05) is 30.3 Å². The highest BCUT2D eigenvalue weighted by atomic mass is 16.5. The number of nitrogens with one attached hydrogen (secondary N) is 1. The van der Waals surface area contributed by atoms with Gasteiger partial charge in [-0.15, -0.1) is 0 Å². The lowest BCUT2D eigenvalue weighted by Gasteiger charge is -2.18. The first kappa shape index (κ1) is 13.0. The van der Waals surface area contributed by atoms with Gasteiger partial charge in [-0.05, 0) is 18.2 Å². The zero-order chi connectivity index (χ0) is 13.7. The summed E-state index contributed by atoms with van der Waals surface area (Å²) in [4.78, 5) is 11.9. The molecule has 0 aliphatic rings. The molecule has 0 spiro atoms. The SMILES string of the molecule is COC(=O)C(Nc1ccccc1)c1ccccc1O. The smallest absolute Gasteiger partial charge is 0.333 e. The summed E-state index contributed by atoms with van der Waals surface area (Å²) in [6.45, 7) is 0. The molecule has 0 aliphatic heterocycles. The number of benzene rings is 2. The van der Waals surface area contributed by atoms with Crippen molar-refractivity contribution in [1.29, 1.82) is 0 Å². The third kappa shape index (κ3) is 3.04. The average molecular weight is 257 g/mol. The number of rotatable bonds is 4. The van der Waals surface area contributed by atoms with Crippen LogP contribution in [0.15, 0.2) is 54.6 Å². The molecule has 98 valence electrons. The molecule has 4 nitrogen and oxygen atoms in total. The molecule has 2 aromatic carbocycles. The maximum atomic E-state index is 11.9. The monoisotopic (exact) mass is 257 g/mol. The second-order valence-electron chi connectivity index (χ2n) is 4.03. The van der Waals surface area contributed by atoms with E-state index in [2.05, 4.69) is 5.32 Å².